The molecule has 0 unspecified atom stereocenters. The molecule has 2 aromatic rings. The minimum atomic E-state index is 0.579. The molecule has 1 aromatic heterocycles. The number of morpholine rings is 1. The highest BCUT2D eigenvalue weighted by Crippen LogP contribution is 2.32. The number of aromatic nitrogens is 1. The first-order chi connectivity index (χ1) is 11.3. The van der Waals surface area contributed by atoms with E-state index in [0.717, 1.165) is 44.2 Å². The van der Waals surface area contributed by atoms with Gasteiger partial charge in [0.2, 0.25) is 0 Å². The van der Waals surface area contributed by atoms with Gasteiger partial charge in [-0.15, -0.1) is 0 Å². The summed E-state index contributed by atoms with van der Waals surface area (Å²) < 4.78 is 5.53. The van der Waals surface area contributed by atoms with Crippen molar-refractivity contribution in [1.82, 2.24) is 4.98 Å². The third-order valence-corrected chi connectivity index (χ3v) is 5.13. The fourth-order valence-electron chi connectivity index (χ4n) is 3.79. The van der Waals surface area contributed by atoms with Crippen LogP contribution in [0.4, 0.5) is 11.5 Å². The zero-order valence-corrected chi connectivity index (χ0v) is 13.9. The molecule has 0 spiro atoms. The summed E-state index contributed by atoms with van der Waals surface area (Å²) in [6.07, 6.45) is 3.87. The number of nitrogens with zero attached hydrogens (tertiary/aromatic N) is 3. The van der Waals surface area contributed by atoms with Gasteiger partial charge in [-0.2, -0.15) is 0 Å². The molecule has 1 aromatic carbocycles. The molecule has 3 heterocycles. The zero-order valence-electron chi connectivity index (χ0n) is 13.9. The number of rotatable bonds is 2. The summed E-state index contributed by atoms with van der Waals surface area (Å²) in [5.41, 5.74) is 2.41. The first kappa shape index (κ1) is 14.8. The maximum absolute atomic E-state index is 5.53. The number of benzene rings is 1. The Bertz CT molecular complexity index is 681. The summed E-state index contributed by atoms with van der Waals surface area (Å²) >= 11 is 0. The Balaban J connectivity index is 1.79. The topological polar surface area (TPSA) is 28.6 Å². The van der Waals surface area contributed by atoms with E-state index in [1.54, 1.807) is 0 Å². The number of fused-ring (bicyclic) bond motifs is 1. The summed E-state index contributed by atoms with van der Waals surface area (Å²) in [5, 5.41) is 1.25. The highest BCUT2D eigenvalue weighted by molar-refractivity contribution is 5.93. The van der Waals surface area contributed by atoms with Gasteiger partial charge in [-0.3, -0.25) is 0 Å². The standard InChI is InChI=1S/C19H25N3O/c1-15-6-4-5-9-22(15)19-14-18(21-10-12-23-13-11-21)16-7-2-3-8-17(16)20-19/h2-3,7-8,14-15H,4-6,9-13H2,1H3/t15-/m1/s1. The Kier molecular flexibility index (Phi) is 4.08. The zero-order chi connectivity index (χ0) is 15.6. The Labute approximate surface area is 138 Å². The fourth-order valence-corrected chi connectivity index (χ4v) is 3.79. The van der Waals surface area contributed by atoms with E-state index in [4.69, 9.17) is 9.72 Å². The van der Waals surface area contributed by atoms with Crippen molar-refractivity contribution in [3.05, 3.63) is 30.3 Å². The molecule has 23 heavy (non-hydrogen) atoms. The highest BCUT2D eigenvalue weighted by Gasteiger charge is 2.22. The van der Waals surface area contributed by atoms with Gasteiger partial charge in [0.1, 0.15) is 5.82 Å². The van der Waals surface area contributed by atoms with Crippen molar-refractivity contribution in [1.29, 1.82) is 0 Å². The lowest BCUT2D eigenvalue weighted by Gasteiger charge is -2.36. The lowest BCUT2D eigenvalue weighted by molar-refractivity contribution is 0.123. The summed E-state index contributed by atoms with van der Waals surface area (Å²) in [6.45, 7) is 6.99. The molecule has 1 atom stereocenters. The molecule has 0 saturated carbocycles. The van der Waals surface area contributed by atoms with Gasteiger partial charge in [0.05, 0.1) is 18.7 Å². The average molecular weight is 311 g/mol. The smallest absolute Gasteiger partial charge is 0.131 e. The third-order valence-electron chi connectivity index (χ3n) is 5.13. The quantitative estimate of drug-likeness (QED) is 0.849. The van der Waals surface area contributed by atoms with Gasteiger partial charge in [0.25, 0.3) is 0 Å². The van der Waals surface area contributed by atoms with E-state index in [2.05, 4.69) is 47.1 Å². The Morgan fingerprint density at radius 2 is 1.91 bits per heavy atom. The number of ether oxygens (including phenoxy) is 1. The molecule has 2 fully saturated rings. The van der Waals surface area contributed by atoms with E-state index < -0.39 is 0 Å². The molecule has 0 aliphatic carbocycles. The van der Waals surface area contributed by atoms with E-state index in [0.29, 0.717) is 6.04 Å². The summed E-state index contributed by atoms with van der Waals surface area (Å²) in [7, 11) is 0. The van der Waals surface area contributed by atoms with Gasteiger partial charge in [-0.1, -0.05) is 18.2 Å². The van der Waals surface area contributed by atoms with E-state index in [-0.39, 0.29) is 0 Å². The van der Waals surface area contributed by atoms with Gasteiger partial charge >= 0.3 is 0 Å². The van der Waals surface area contributed by atoms with E-state index >= 15 is 0 Å². The maximum Gasteiger partial charge on any atom is 0.131 e. The number of para-hydroxylation sites is 1. The number of piperidine rings is 1. The molecule has 2 saturated heterocycles. The Morgan fingerprint density at radius 3 is 2.74 bits per heavy atom. The van der Waals surface area contributed by atoms with E-state index in [1.807, 2.05) is 0 Å². The number of hydrogen-bond donors (Lipinski definition) is 0. The first-order valence-electron chi connectivity index (χ1n) is 8.82. The normalized spacial score (nSPS) is 22.6. The van der Waals surface area contributed by atoms with Crippen LogP contribution in [0.15, 0.2) is 30.3 Å². The van der Waals surface area contributed by atoms with Crippen molar-refractivity contribution < 1.29 is 4.74 Å². The van der Waals surface area contributed by atoms with Crippen molar-refractivity contribution in [2.45, 2.75) is 32.2 Å². The molecule has 0 N–H and O–H groups in total. The second-order valence-corrected chi connectivity index (χ2v) is 6.65. The lowest BCUT2D eigenvalue weighted by atomic mass is 10.0. The molecular weight excluding hydrogens is 286 g/mol. The van der Waals surface area contributed by atoms with E-state index in [1.165, 1.54) is 30.3 Å². The van der Waals surface area contributed by atoms with Crippen LogP contribution in [-0.2, 0) is 4.74 Å². The van der Waals surface area contributed by atoms with Crippen LogP contribution in [0.25, 0.3) is 10.9 Å². The van der Waals surface area contributed by atoms with Crippen LogP contribution < -0.4 is 9.80 Å². The van der Waals surface area contributed by atoms with Gasteiger partial charge < -0.3 is 14.5 Å². The Hall–Kier alpha value is -1.81. The van der Waals surface area contributed by atoms with Crippen molar-refractivity contribution in [2.75, 3.05) is 42.6 Å². The molecule has 0 amide bonds. The first-order valence-corrected chi connectivity index (χ1v) is 8.82. The van der Waals surface area contributed by atoms with Crippen LogP contribution in [0.1, 0.15) is 26.2 Å². The van der Waals surface area contributed by atoms with Crippen molar-refractivity contribution in [3.8, 4) is 0 Å². The lowest BCUT2D eigenvalue weighted by Crippen LogP contribution is -2.39. The summed E-state index contributed by atoms with van der Waals surface area (Å²) in [4.78, 5) is 9.91. The van der Waals surface area contributed by atoms with Gasteiger partial charge in [-0.05, 0) is 32.3 Å². The Morgan fingerprint density at radius 1 is 1.09 bits per heavy atom. The molecule has 2 aliphatic rings. The van der Waals surface area contributed by atoms with Gasteiger partial charge in [0.15, 0.2) is 0 Å². The van der Waals surface area contributed by atoms with Gasteiger partial charge in [0, 0.05) is 42.8 Å². The van der Waals surface area contributed by atoms with Crippen LogP contribution in [0.3, 0.4) is 0 Å². The van der Waals surface area contributed by atoms with Crippen molar-refractivity contribution in [3.63, 3.8) is 0 Å². The second kappa shape index (κ2) is 6.36. The van der Waals surface area contributed by atoms with Crippen molar-refractivity contribution in [2.24, 2.45) is 0 Å². The van der Waals surface area contributed by atoms with E-state index in [9.17, 15) is 0 Å². The second-order valence-electron chi connectivity index (χ2n) is 6.65. The monoisotopic (exact) mass is 311 g/mol. The molecule has 4 nitrogen and oxygen atoms in total. The number of hydrogen-bond acceptors (Lipinski definition) is 4. The summed E-state index contributed by atoms with van der Waals surface area (Å²) in [6, 6.07) is 11.4. The minimum Gasteiger partial charge on any atom is -0.378 e. The maximum atomic E-state index is 5.53. The van der Waals surface area contributed by atoms with Gasteiger partial charge in [-0.25, -0.2) is 4.98 Å². The predicted molar refractivity (Wildman–Crippen MR) is 95.4 cm³/mol. The average Bonchev–Trinajstić information content (AvgIpc) is 2.62. The van der Waals surface area contributed by atoms with Crippen molar-refractivity contribution >= 4 is 22.4 Å². The molecule has 0 radical (unpaired) electrons. The minimum absolute atomic E-state index is 0.579. The largest absolute Gasteiger partial charge is 0.378 e. The molecule has 0 bridgehead atoms. The predicted octanol–water partition coefficient (Wildman–Crippen LogP) is 3.45. The molecule has 4 rings (SSSR count). The number of anilines is 2. The third kappa shape index (κ3) is 2.88. The SMILES string of the molecule is C[C@@H]1CCCCN1c1cc(N2CCOCC2)c2ccccc2n1. The van der Waals surface area contributed by atoms with Crippen LogP contribution in [-0.4, -0.2) is 43.9 Å². The number of pyridine rings is 1. The van der Waals surface area contributed by atoms with Crippen LogP contribution in [0, 0.1) is 0 Å². The fraction of sp³-hybridized carbons (Fsp3) is 0.526. The molecule has 4 heteroatoms. The molecular formula is C19H25N3O. The molecule has 2 aliphatic heterocycles. The van der Waals surface area contributed by atoms with Crippen LogP contribution in [0.2, 0.25) is 0 Å². The molecule has 122 valence electrons. The summed E-state index contributed by atoms with van der Waals surface area (Å²) in [5.74, 6) is 1.14. The van der Waals surface area contributed by atoms with Crippen LogP contribution in [0.5, 0.6) is 0 Å². The van der Waals surface area contributed by atoms with Crippen LogP contribution >= 0.6 is 0 Å². The highest BCUT2D eigenvalue weighted by atomic mass is 16.5.